The summed E-state index contributed by atoms with van der Waals surface area (Å²) in [6.07, 6.45) is 0. The van der Waals surface area contributed by atoms with Gasteiger partial charge in [0.15, 0.2) is 11.5 Å². The average molecular weight is 307 g/mol. The molecule has 0 aliphatic carbocycles. The van der Waals surface area contributed by atoms with Crippen LogP contribution in [0.3, 0.4) is 0 Å². The third kappa shape index (κ3) is 2.96. The van der Waals surface area contributed by atoms with Crippen LogP contribution in [-0.2, 0) is 16.6 Å². The Morgan fingerprint density at radius 3 is 2.71 bits per heavy atom. The lowest BCUT2D eigenvalue weighted by Crippen LogP contribution is -2.23. The largest absolute Gasteiger partial charge is 0.454 e. The molecule has 2 aromatic rings. The minimum atomic E-state index is -3.64. The summed E-state index contributed by atoms with van der Waals surface area (Å²) in [5.74, 6) is 0.964. The summed E-state index contributed by atoms with van der Waals surface area (Å²) in [4.78, 5) is 0.117. The number of benzene rings is 1. The first-order chi connectivity index (χ1) is 10.0. The fraction of sp³-hybridized carbons (Fsp3) is 0.231. The number of aromatic nitrogens is 2. The van der Waals surface area contributed by atoms with Crippen molar-refractivity contribution in [2.75, 3.05) is 6.79 Å². The second-order valence-electron chi connectivity index (χ2n) is 4.51. The Kier molecular flexibility index (Phi) is 3.48. The lowest BCUT2D eigenvalue weighted by atomic mass is 10.3. The molecule has 0 radical (unpaired) electrons. The summed E-state index contributed by atoms with van der Waals surface area (Å²) in [5.41, 5.74) is 1.32. The normalized spacial score (nSPS) is 13.4. The molecule has 1 N–H and O–H groups in total. The molecule has 0 unspecified atom stereocenters. The standard InChI is InChI=1S/C13H13N3O4S/c1-9-2-3-10(16-15-9)7-14-21(17,18)11-4-5-12-13(6-11)20-8-19-12/h2-6,14H,7-8H2,1H3. The molecule has 8 heteroatoms. The van der Waals surface area contributed by atoms with Crippen LogP contribution in [0, 0.1) is 6.92 Å². The molecule has 1 aliphatic heterocycles. The summed E-state index contributed by atoms with van der Waals surface area (Å²) < 4.78 is 37.2. The van der Waals surface area contributed by atoms with E-state index >= 15 is 0 Å². The van der Waals surface area contributed by atoms with E-state index in [0.29, 0.717) is 17.2 Å². The van der Waals surface area contributed by atoms with E-state index in [9.17, 15) is 8.42 Å². The number of ether oxygens (including phenoxy) is 2. The maximum atomic E-state index is 12.2. The first kappa shape index (κ1) is 13.8. The van der Waals surface area contributed by atoms with Crippen molar-refractivity contribution >= 4 is 10.0 Å². The number of hydrogen-bond acceptors (Lipinski definition) is 6. The molecule has 0 spiro atoms. The summed E-state index contributed by atoms with van der Waals surface area (Å²) >= 11 is 0. The van der Waals surface area contributed by atoms with Gasteiger partial charge in [0.1, 0.15) is 0 Å². The Hall–Kier alpha value is -2.19. The summed E-state index contributed by atoms with van der Waals surface area (Å²) in [5, 5.41) is 7.79. The van der Waals surface area contributed by atoms with Crippen molar-refractivity contribution in [2.24, 2.45) is 0 Å². The van der Waals surface area contributed by atoms with E-state index in [1.807, 2.05) is 6.92 Å². The van der Waals surface area contributed by atoms with Gasteiger partial charge in [0.2, 0.25) is 16.8 Å². The second-order valence-corrected chi connectivity index (χ2v) is 6.27. The van der Waals surface area contributed by atoms with Crippen LogP contribution >= 0.6 is 0 Å². The molecule has 2 heterocycles. The number of hydrogen-bond donors (Lipinski definition) is 1. The van der Waals surface area contributed by atoms with Gasteiger partial charge in [0, 0.05) is 6.07 Å². The van der Waals surface area contributed by atoms with Gasteiger partial charge in [0.25, 0.3) is 0 Å². The predicted octanol–water partition coefficient (Wildman–Crippen LogP) is 0.992. The smallest absolute Gasteiger partial charge is 0.241 e. The van der Waals surface area contributed by atoms with E-state index in [1.165, 1.54) is 12.1 Å². The first-order valence-corrected chi connectivity index (χ1v) is 7.71. The van der Waals surface area contributed by atoms with Gasteiger partial charge < -0.3 is 9.47 Å². The van der Waals surface area contributed by atoms with Crippen molar-refractivity contribution in [3.05, 3.63) is 41.7 Å². The van der Waals surface area contributed by atoms with Crippen LogP contribution in [0.15, 0.2) is 35.2 Å². The second kappa shape index (κ2) is 5.30. The molecule has 21 heavy (non-hydrogen) atoms. The summed E-state index contributed by atoms with van der Waals surface area (Å²) in [6, 6.07) is 7.98. The highest BCUT2D eigenvalue weighted by molar-refractivity contribution is 7.89. The van der Waals surface area contributed by atoms with E-state index < -0.39 is 10.0 Å². The minimum absolute atomic E-state index is 0.0735. The fourth-order valence-corrected chi connectivity index (χ4v) is 2.83. The first-order valence-electron chi connectivity index (χ1n) is 6.23. The Bertz CT molecular complexity index is 759. The summed E-state index contributed by atoms with van der Waals surface area (Å²) in [7, 11) is -3.64. The molecule has 1 aromatic carbocycles. The maximum absolute atomic E-state index is 12.2. The van der Waals surface area contributed by atoms with Crippen LogP contribution in [0.1, 0.15) is 11.4 Å². The van der Waals surface area contributed by atoms with E-state index in [1.54, 1.807) is 18.2 Å². The fourth-order valence-electron chi connectivity index (χ4n) is 1.82. The number of sulfonamides is 1. The molecule has 0 saturated carbocycles. The van der Waals surface area contributed by atoms with Crippen LogP contribution in [0.5, 0.6) is 11.5 Å². The molecule has 0 amide bonds. The number of nitrogens with one attached hydrogen (secondary N) is 1. The van der Waals surface area contributed by atoms with Crippen LogP contribution in [-0.4, -0.2) is 25.4 Å². The highest BCUT2D eigenvalue weighted by atomic mass is 32.2. The molecule has 1 aromatic heterocycles. The van der Waals surface area contributed by atoms with Crippen molar-refractivity contribution < 1.29 is 17.9 Å². The molecule has 1 aliphatic rings. The van der Waals surface area contributed by atoms with Gasteiger partial charge in [-0.3, -0.25) is 0 Å². The highest BCUT2D eigenvalue weighted by Gasteiger charge is 2.20. The van der Waals surface area contributed by atoms with Crippen LogP contribution in [0.4, 0.5) is 0 Å². The lowest BCUT2D eigenvalue weighted by molar-refractivity contribution is 0.174. The Morgan fingerprint density at radius 1 is 1.14 bits per heavy atom. The number of nitrogens with zero attached hydrogens (tertiary/aromatic N) is 2. The molecular formula is C13H13N3O4S. The van der Waals surface area contributed by atoms with E-state index in [0.717, 1.165) is 5.69 Å². The zero-order valence-corrected chi connectivity index (χ0v) is 12.1. The molecule has 0 saturated heterocycles. The number of fused-ring (bicyclic) bond motifs is 1. The summed E-state index contributed by atoms with van der Waals surface area (Å²) in [6.45, 7) is 1.99. The van der Waals surface area contributed by atoms with Crippen molar-refractivity contribution in [2.45, 2.75) is 18.4 Å². The number of aryl methyl sites for hydroxylation is 1. The topological polar surface area (TPSA) is 90.4 Å². The highest BCUT2D eigenvalue weighted by Crippen LogP contribution is 2.33. The van der Waals surface area contributed by atoms with Crippen LogP contribution in [0.2, 0.25) is 0 Å². The van der Waals surface area contributed by atoms with Gasteiger partial charge in [-0.25, -0.2) is 13.1 Å². The molecule has 110 valence electrons. The average Bonchev–Trinajstić information content (AvgIpc) is 2.94. The van der Waals surface area contributed by atoms with Crippen molar-refractivity contribution in [1.29, 1.82) is 0 Å². The van der Waals surface area contributed by atoms with E-state index in [2.05, 4.69) is 14.9 Å². The third-order valence-corrected chi connectivity index (χ3v) is 4.35. The maximum Gasteiger partial charge on any atom is 0.241 e. The van der Waals surface area contributed by atoms with Gasteiger partial charge in [-0.15, -0.1) is 0 Å². The van der Waals surface area contributed by atoms with Crippen molar-refractivity contribution in [3.63, 3.8) is 0 Å². The predicted molar refractivity (Wildman–Crippen MR) is 73.4 cm³/mol. The quantitative estimate of drug-likeness (QED) is 0.906. The Morgan fingerprint density at radius 2 is 1.95 bits per heavy atom. The van der Waals surface area contributed by atoms with Crippen LogP contribution < -0.4 is 14.2 Å². The van der Waals surface area contributed by atoms with Gasteiger partial charge in [0.05, 0.1) is 22.8 Å². The zero-order valence-electron chi connectivity index (χ0n) is 11.2. The molecule has 0 atom stereocenters. The lowest BCUT2D eigenvalue weighted by Gasteiger charge is -2.07. The number of rotatable bonds is 4. The van der Waals surface area contributed by atoms with Gasteiger partial charge in [-0.2, -0.15) is 10.2 Å². The monoisotopic (exact) mass is 307 g/mol. The third-order valence-electron chi connectivity index (χ3n) is 2.95. The van der Waals surface area contributed by atoms with Gasteiger partial charge in [-0.05, 0) is 31.2 Å². The van der Waals surface area contributed by atoms with E-state index in [4.69, 9.17) is 9.47 Å². The molecule has 7 nitrogen and oxygen atoms in total. The molecule has 0 fully saturated rings. The van der Waals surface area contributed by atoms with Gasteiger partial charge >= 0.3 is 0 Å². The Balaban J connectivity index is 1.76. The SMILES string of the molecule is Cc1ccc(CNS(=O)(=O)c2ccc3c(c2)OCO3)nn1. The van der Waals surface area contributed by atoms with Crippen molar-refractivity contribution in [3.8, 4) is 11.5 Å². The zero-order chi connectivity index (χ0) is 14.9. The molecule has 3 rings (SSSR count). The minimum Gasteiger partial charge on any atom is -0.454 e. The molecular weight excluding hydrogens is 294 g/mol. The van der Waals surface area contributed by atoms with Crippen molar-refractivity contribution in [1.82, 2.24) is 14.9 Å². The van der Waals surface area contributed by atoms with Gasteiger partial charge in [-0.1, -0.05) is 0 Å². The Labute approximate surface area is 122 Å². The van der Waals surface area contributed by atoms with E-state index in [-0.39, 0.29) is 18.2 Å². The molecule has 0 bridgehead atoms. The van der Waals surface area contributed by atoms with Crippen LogP contribution in [0.25, 0.3) is 0 Å².